The molecule has 0 saturated carbocycles. The smallest absolute Gasteiger partial charge is 0.377 e. The monoisotopic (exact) mass is 272 g/mol. The van der Waals surface area contributed by atoms with Crippen molar-refractivity contribution in [1.29, 1.82) is 0 Å². The minimum absolute atomic E-state index is 0.147. The number of carboxylic acid groups (broad SMARTS) is 1. The fraction of sp³-hybridized carbons (Fsp3) is 0.200. The molecule has 4 nitrogen and oxygen atoms in total. The number of ketones is 1. The van der Waals surface area contributed by atoms with E-state index in [9.17, 15) is 9.59 Å². The summed E-state index contributed by atoms with van der Waals surface area (Å²) in [6, 6.07) is 4.60. The highest BCUT2D eigenvalue weighted by Crippen LogP contribution is 2.19. The van der Waals surface area contributed by atoms with Crippen LogP contribution >= 0.6 is 15.9 Å². The highest BCUT2D eigenvalue weighted by Gasteiger charge is 2.15. The van der Waals surface area contributed by atoms with Gasteiger partial charge in [-0.3, -0.25) is 4.79 Å². The quantitative estimate of drug-likeness (QED) is 0.671. The third-order valence-corrected chi connectivity index (χ3v) is 2.55. The minimum atomic E-state index is -1.46. The summed E-state index contributed by atoms with van der Waals surface area (Å²) in [5, 5.41) is 8.51. The van der Waals surface area contributed by atoms with Crippen LogP contribution in [-0.2, 0) is 16.1 Å². The van der Waals surface area contributed by atoms with Gasteiger partial charge in [-0.25, -0.2) is 4.79 Å². The number of rotatable bonds is 4. The van der Waals surface area contributed by atoms with Gasteiger partial charge in [-0.05, 0) is 11.6 Å². The van der Waals surface area contributed by atoms with Crippen LogP contribution in [0.15, 0.2) is 22.7 Å². The Kier molecular flexibility index (Phi) is 3.99. The molecule has 1 rings (SSSR count). The van der Waals surface area contributed by atoms with Gasteiger partial charge in [0.15, 0.2) is 0 Å². The first-order valence-corrected chi connectivity index (χ1v) is 4.90. The number of aliphatic carboxylic acids is 1. The van der Waals surface area contributed by atoms with E-state index in [2.05, 4.69) is 15.9 Å². The number of carbonyl (C=O) groups excluding carboxylic acids is 1. The summed E-state index contributed by atoms with van der Waals surface area (Å²) >= 11 is 3.24. The third-order valence-electron chi connectivity index (χ3n) is 1.81. The maximum absolute atomic E-state index is 11.1. The van der Waals surface area contributed by atoms with E-state index >= 15 is 0 Å². The van der Waals surface area contributed by atoms with Crippen molar-refractivity contribution in [3.05, 3.63) is 33.8 Å². The van der Waals surface area contributed by atoms with Gasteiger partial charge in [-0.1, -0.05) is 28.1 Å². The predicted molar refractivity (Wildman–Crippen MR) is 56.8 cm³/mol. The molecule has 0 amide bonds. The van der Waals surface area contributed by atoms with Gasteiger partial charge >= 0.3 is 5.97 Å². The lowest BCUT2D eigenvalue weighted by Crippen LogP contribution is -2.12. The van der Waals surface area contributed by atoms with E-state index in [0.717, 1.165) is 5.56 Å². The molecule has 0 bridgehead atoms. The molecule has 1 aromatic rings. The Morgan fingerprint density at radius 3 is 2.60 bits per heavy atom. The van der Waals surface area contributed by atoms with Crippen LogP contribution in [0.5, 0.6) is 0 Å². The highest BCUT2D eigenvalue weighted by atomic mass is 79.9. The zero-order valence-electron chi connectivity index (χ0n) is 7.99. The van der Waals surface area contributed by atoms with Crippen molar-refractivity contribution in [3.63, 3.8) is 0 Å². The number of Topliss-reactive ketones (excluding diaryl/α,β-unsaturated/α-hetero) is 1. The second kappa shape index (κ2) is 5.04. The van der Waals surface area contributed by atoms with E-state index in [4.69, 9.17) is 9.84 Å². The zero-order chi connectivity index (χ0) is 11.4. The lowest BCUT2D eigenvalue weighted by molar-refractivity contribution is -0.131. The second-order valence-corrected chi connectivity index (χ2v) is 3.73. The molecule has 80 valence electrons. The largest absolute Gasteiger partial charge is 0.475 e. The average molecular weight is 273 g/mol. The highest BCUT2D eigenvalue weighted by molar-refractivity contribution is 9.10. The molecular weight excluding hydrogens is 264 g/mol. The van der Waals surface area contributed by atoms with E-state index in [1.165, 1.54) is 12.1 Å². The van der Waals surface area contributed by atoms with Crippen molar-refractivity contribution < 1.29 is 19.4 Å². The number of ether oxygens (including phenoxy) is 1. The maximum Gasteiger partial charge on any atom is 0.377 e. The summed E-state index contributed by atoms with van der Waals surface area (Å²) in [6.45, 7) is 0.405. The Morgan fingerprint density at radius 2 is 2.13 bits per heavy atom. The Balaban J connectivity index is 3.01. The fourth-order valence-electron chi connectivity index (χ4n) is 1.08. The summed E-state index contributed by atoms with van der Waals surface area (Å²) in [7, 11) is 1.56. The maximum atomic E-state index is 11.1. The third kappa shape index (κ3) is 2.87. The summed E-state index contributed by atoms with van der Waals surface area (Å²) in [5.41, 5.74) is 1.01. The molecular formula is C10H9BrO4. The molecule has 0 unspecified atom stereocenters. The second-order valence-electron chi connectivity index (χ2n) is 2.87. The van der Waals surface area contributed by atoms with Crippen molar-refractivity contribution in [3.8, 4) is 0 Å². The molecule has 1 N–H and O–H groups in total. The number of hydrogen-bond acceptors (Lipinski definition) is 3. The average Bonchev–Trinajstić information content (AvgIpc) is 2.20. The van der Waals surface area contributed by atoms with Crippen LogP contribution in [0.4, 0.5) is 0 Å². The molecule has 0 aliphatic rings. The molecule has 0 atom stereocenters. The summed E-state index contributed by atoms with van der Waals surface area (Å²) in [4.78, 5) is 21.5. The van der Waals surface area contributed by atoms with E-state index in [-0.39, 0.29) is 5.56 Å². The number of hydrogen-bond donors (Lipinski definition) is 1. The van der Waals surface area contributed by atoms with E-state index < -0.39 is 11.8 Å². The summed E-state index contributed by atoms with van der Waals surface area (Å²) in [6.07, 6.45) is 0. The van der Waals surface area contributed by atoms with Crippen LogP contribution in [0.25, 0.3) is 0 Å². The standard InChI is InChI=1S/C10H9BrO4/c1-15-5-7-3-2-6(4-8(7)11)9(12)10(13)14/h2-4H,5H2,1H3,(H,13,14). The lowest BCUT2D eigenvalue weighted by Gasteiger charge is -2.04. The van der Waals surface area contributed by atoms with Crippen LogP contribution in [0, 0.1) is 0 Å². The van der Waals surface area contributed by atoms with Gasteiger partial charge in [0.05, 0.1) is 6.61 Å². The molecule has 5 heteroatoms. The molecule has 0 aromatic heterocycles. The van der Waals surface area contributed by atoms with E-state index in [0.29, 0.717) is 11.1 Å². The normalized spacial score (nSPS) is 10.0. The van der Waals surface area contributed by atoms with Gasteiger partial charge in [0.2, 0.25) is 0 Å². The Labute approximate surface area is 95.0 Å². The van der Waals surface area contributed by atoms with Gasteiger partial charge in [0, 0.05) is 17.1 Å². The van der Waals surface area contributed by atoms with Gasteiger partial charge in [0.1, 0.15) is 0 Å². The van der Waals surface area contributed by atoms with Gasteiger partial charge in [-0.15, -0.1) is 0 Å². The van der Waals surface area contributed by atoms with Crippen LogP contribution < -0.4 is 0 Å². The molecule has 1 aromatic carbocycles. The van der Waals surface area contributed by atoms with E-state index in [1.807, 2.05) is 0 Å². The Hall–Kier alpha value is -1.20. The van der Waals surface area contributed by atoms with Crippen molar-refractivity contribution >= 4 is 27.7 Å². The number of methoxy groups -OCH3 is 1. The van der Waals surface area contributed by atoms with E-state index in [1.54, 1.807) is 13.2 Å². The van der Waals surface area contributed by atoms with Gasteiger partial charge in [0.25, 0.3) is 5.78 Å². The lowest BCUT2D eigenvalue weighted by atomic mass is 10.1. The van der Waals surface area contributed by atoms with Crippen LogP contribution in [0.1, 0.15) is 15.9 Å². The predicted octanol–water partition coefficient (Wildman–Crippen LogP) is 1.86. The SMILES string of the molecule is COCc1ccc(C(=O)C(=O)O)cc1Br. The number of halogens is 1. The number of carboxylic acids is 1. The Bertz CT molecular complexity index is 400. The molecule has 0 saturated heterocycles. The van der Waals surface area contributed by atoms with Crippen molar-refractivity contribution in [2.24, 2.45) is 0 Å². The van der Waals surface area contributed by atoms with Crippen molar-refractivity contribution in [2.45, 2.75) is 6.61 Å². The number of benzene rings is 1. The minimum Gasteiger partial charge on any atom is -0.475 e. The fourth-order valence-corrected chi connectivity index (χ4v) is 1.58. The topological polar surface area (TPSA) is 63.6 Å². The number of carbonyl (C=O) groups is 2. The zero-order valence-corrected chi connectivity index (χ0v) is 9.58. The summed E-state index contributed by atoms with van der Waals surface area (Å²) in [5.74, 6) is -2.37. The molecule has 0 aliphatic heterocycles. The molecule has 0 radical (unpaired) electrons. The van der Waals surface area contributed by atoms with Crippen molar-refractivity contribution in [2.75, 3.05) is 7.11 Å². The molecule has 0 aliphatic carbocycles. The van der Waals surface area contributed by atoms with Crippen LogP contribution in [0.2, 0.25) is 0 Å². The van der Waals surface area contributed by atoms with Crippen LogP contribution in [-0.4, -0.2) is 24.0 Å². The first-order valence-electron chi connectivity index (χ1n) is 4.11. The molecule has 0 heterocycles. The molecule has 15 heavy (non-hydrogen) atoms. The van der Waals surface area contributed by atoms with Crippen LogP contribution in [0.3, 0.4) is 0 Å². The first-order chi connectivity index (χ1) is 7.06. The molecule has 0 fully saturated rings. The molecule has 0 spiro atoms. The summed E-state index contributed by atoms with van der Waals surface area (Å²) < 4.78 is 5.59. The van der Waals surface area contributed by atoms with Gasteiger partial charge < -0.3 is 9.84 Å². The Morgan fingerprint density at radius 1 is 1.47 bits per heavy atom. The first kappa shape index (κ1) is 11.9. The van der Waals surface area contributed by atoms with Crippen molar-refractivity contribution in [1.82, 2.24) is 0 Å². The van der Waals surface area contributed by atoms with Gasteiger partial charge in [-0.2, -0.15) is 0 Å².